The molecule has 0 saturated carbocycles. The molecule has 18 heavy (non-hydrogen) atoms. The average Bonchev–Trinajstić information content (AvgIpc) is 2.84. The summed E-state index contributed by atoms with van der Waals surface area (Å²) in [6.45, 7) is 9.65. The molecule has 1 rings (SSSR count). The number of alkyl halides is 1. The van der Waals surface area contributed by atoms with Gasteiger partial charge in [0.05, 0.1) is 11.7 Å². The third-order valence-corrected chi connectivity index (χ3v) is 3.69. The fourth-order valence-electron chi connectivity index (χ4n) is 2.19. The first-order chi connectivity index (χ1) is 8.74. The van der Waals surface area contributed by atoms with Crippen LogP contribution in [0.1, 0.15) is 51.8 Å². The predicted molar refractivity (Wildman–Crippen MR) is 78.1 cm³/mol. The van der Waals surface area contributed by atoms with Crippen molar-refractivity contribution in [3.8, 4) is 0 Å². The Kier molecular flexibility index (Phi) is 7.36. The van der Waals surface area contributed by atoms with Gasteiger partial charge < -0.3 is 0 Å². The summed E-state index contributed by atoms with van der Waals surface area (Å²) in [5.41, 5.74) is 1.17. The molecule has 1 aromatic heterocycles. The normalized spacial score (nSPS) is 11.7. The first kappa shape index (κ1) is 15.5. The zero-order valence-corrected chi connectivity index (χ0v) is 12.7. The van der Waals surface area contributed by atoms with E-state index in [1.54, 1.807) is 0 Å². The molecule has 0 fully saturated rings. The van der Waals surface area contributed by atoms with Gasteiger partial charge in [-0.2, -0.15) is 5.10 Å². The van der Waals surface area contributed by atoms with Gasteiger partial charge in [0, 0.05) is 18.6 Å². The third kappa shape index (κ3) is 4.62. The van der Waals surface area contributed by atoms with E-state index in [-0.39, 0.29) is 0 Å². The molecule has 0 atom stereocenters. The Hall–Kier alpha value is -0.540. The first-order valence-corrected chi connectivity index (χ1v) is 7.60. The van der Waals surface area contributed by atoms with Gasteiger partial charge in [-0.3, -0.25) is 9.58 Å². The summed E-state index contributed by atoms with van der Waals surface area (Å²) in [6, 6.07) is 2.68. The SMILES string of the molecule is CCC(CC)n1ccc(CN(CC)CCCCl)n1. The van der Waals surface area contributed by atoms with E-state index < -0.39 is 0 Å². The lowest BCUT2D eigenvalue weighted by Crippen LogP contribution is -2.24. The maximum Gasteiger partial charge on any atom is 0.0764 e. The lowest BCUT2D eigenvalue weighted by atomic mass is 10.2. The van der Waals surface area contributed by atoms with Crippen LogP contribution in [0.15, 0.2) is 12.3 Å². The van der Waals surface area contributed by atoms with Gasteiger partial charge in [-0.25, -0.2) is 0 Å². The fourth-order valence-corrected chi connectivity index (χ4v) is 2.31. The van der Waals surface area contributed by atoms with Crippen molar-refractivity contribution in [2.45, 2.75) is 52.6 Å². The Bertz CT molecular complexity index is 321. The molecule has 0 aromatic carbocycles. The fraction of sp³-hybridized carbons (Fsp3) is 0.786. The molecular weight excluding hydrogens is 246 g/mol. The molecule has 4 heteroatoms. The van der Waals surface area contributed by atoms with Gasteiger partial charge in [0.15, 0.2) is 0 Å². The van der Waals surface area contributed by atoms with Crippen molar-refractivity contribution in [3.05, 3.63) is 18.0 Å². The Balaban J connectivity index is 2.56. The zero-order chi connectivity index (χ0) is 13.4. The molecule has 1 aromatic rings. The van der Waals surface area contributed by atoms with Crippen LogP contribution in [0.2, 0.25) is 0 Å². The Morgan fingerprint density at radius 3 is 2.61 bits per heavy atom. The minimum Gasteiger partial charge on any atom is -0.298 e. The number of nitrogens with zero attached hydrogens (tertiary/aromatic N) is 3. The highest BCUT2D eigenvalue weighted by Gasteiger charge is 2.10. The molecule has 1 heterocycles. The van der Waals surface area contributed by atoms with Crippen LogP contribution in [0, 0.1) is 0 Å². The van der Waals surface area contributed by atoms with Crippen LogP contribution < -0.4 is 0 Å². The van der Waals surface area contributed by atoms with Crippen molar-refractivity contribution < 1.29 is 0 Å². The molecule has 3 nitrogen and oxygen atoms in total. The highest BCUT2D eigenvalue weighted by molar-refractivity contribution is 6.17. The number of hydrogen-bond donors (Lipinski definition) is 0. The van der Waals surface area contributed by atoms with Crippen LogP contribution in [-0.2, 0) is 6.54 Å². The monoisotopic (exact) mass is 271 g/mol. The Labute approximate surface area is 116 Å². The quantitative estimate of drug-likeness (QED) is 0.639. The van der Waals surface area contributed by atoms with E-state index in [2.05, 4.69) is 42.6 Å². The topological polar surface area (TPSA) is 21.1 Å². The van der Waals surface area contributed by atoms with E-state index in [0.29, 0.717) is 6.04 Å². The minimum absolute atomic E-state index is 0.539. The van der Waals surface area contributed by atoms with Gasteiger partial charge in [0.2, 0.25) is 0 Å². The summed E-state index contributed by atoms with van der Waals surface area (Å²) >= 11 is 5.74. The summed E-state index contributed by atoms with van der Waals surface area (Å²) < 4.78 is 2.12. The van der Waals surface area contributed by atoms with Gasteiger partial charge in [0.25, 0.3) is 0 Å². The van der Waals surface area contributed by atoms with E-state index in [0.717, 1.165) is 44.8 Å². The number of halogens is 1. The third-order valence-electron chi connectivity index (χ3n) is 3.42. The number of hydrogen-bond acceptors (Lipinski definition) is 2. The summed E-state index contributed by atoms with van der Waals surface area (Å²) in [6.07, 6.45) is 5.44. The maximum atomic E-state index is 5.74. The summed E-state index contributed by atoms with van der Waals surface area (Å²) in [7, 11) is 0. The molecular formula is C14H26ClN3. The van der Waals surface area contributed by atoms with Crippen molar-refractivity contribution in [2.75, 3.05) is 19.0 Å². The molecule has 0 aliphatic heterocycles. The van der Waals surface area contributed by atoms with Crippen molar-refractivity contribution in [1.82, 2.24) is 14.7 Å². The van der Waals surface area contributed by atoms with E-state index in [4.69, 9.17) is 16.7 Å². The number of aromatic nitrogens is 2. The van der Waals surface area contributed by atoms with Crippen molar-refractivity contribution in [3.63, 3.8) is 0 Å². The predicted octanol–water partition coefficient (Wildman–Crippen LogP) is 3.70. The van der Waals surface area contributed by atoms with Crippen LogP contribution in [0.4, 0.5) is 0 Å². The molecule has 0 radical (unpaired) electrons. The van der Waals surface area contributed by atoms with Crippen LogP contribution in [-0.4, -0.2) is 33.6 Å². The summed E-state index contributed by atoms with van der Waals surface area (Å²) in [5.74, 6) is 0.735. The second-order valence-electron chi connectivity index (χ2n) is 4.67. The standard InChI is InChI=1S/C14H26ClN3/c1-4-14(5-2)18-11-8-13(16-18)12-17(6-3)10-7-9-15/h8,11,14H,4-7,9-10,12H2,1-3H3. The van der Waals surface area contributed by atoms with Crippen LogP contribution in [0.3, 0.4) is 0 Å². The Morgan fingerprint density at radius 1 is 1.33 bits per heavy atom. The molecule has 0 bridgehead atoms. The van der Waals surface area contributed by atoms with Gasteiger partial charge in [0.1, 0.15) is 0 Å². The summed E-state index contributed by atoms with van der Waals surface area (Å²) in [5, 5.41) is 4.69. The highest BCUT2D eigenvalue weighted by Crippen LogP contribution is 2.15. The minimum atomic E-state index is 0.539. The smallest absolute Gasteiger partial charge is 0.0764 e. The molecule has 0 aliphatic carbocycles. The second kappa shape index (κ2) is 8.54. The lowest BCUT2D eigenvalue weighted by molar-refractivity contribution is 0.275. The molecule has 0 spiro atoms. The van der Waals surface area contributed by atoms with Crippen molar-refractivity contribution in [1.29, 1.82) is 0 Å². The van der Waals surface area contributed by atoms with Gasteiger partial charge in [-0.05, 0) is 38.4 Å². The first-order valence-electron chi connectivity index (χ1n) is 7.07. The van der Waals surface area contributed by atoms with Crippen molar-refractivity contribution in [2.24, 2.45) is 0 Å². The van der Waals surface area contributed by atoms with Crippen molar-refractivity contribution >= 4 is 11.6 Å². The van der Waals surface area contributed by atoms with Gasteiger partial charge in [-0.1, -0.05) is 20.8 Å². The van der Waals surface area contributed by atoms with Crippen LogP contribution in [0.25, 0.3) is 0 Å². The van der Waals surface area contributed by atoms with E-state index in [1.807, 2.05) is 0 Å². The molecule has 104 valence electrons. The van der Waals surface area contributed by atoms with Gasteiger partial charge >= 0.3 is 0 Å². The molecule has 0 aliphatic rings. The molecule has 0 unspecified atom stereocenters. The maximum absolute atomic E-state index is 5.74. The van der Waals surface area contributed by atoms with Crippen LogP contribution in [0.5, 0.6) is 0 Å². The van der Waals surface area contributed by atoms with E-state index in [9.17, 15) is 0 Å². The average molecular weight is 272 g/mol. The van der Waals surface area contributed by atoms with E-state index >= 15 is 0 Å². The molecule has 0 saturated heterocycles. The molecule has 0 N–H and O–H groups in total. The van der Waals surface area contributed by atoms with E-state index in [1.165, 1.54) is 5.69 Å². The second-order valence-corrected chi connectivity index (χ2v) is 5.05. The van der Waals surface area contributed by atoms with Gasteiger partial charge in [-0.15, -0.1) is 11.6 Å². The van der Waals surface area contributed by atoms with Crippen LogP contribution >= 0.6 is 11.6 Å². The lowest BCUT2D eigenvalue weighted by Gasteiger charge is -2.18. The Morgan fingerprint density at radius 2 is 2.06 bits per heavy atom. The summed E-state index contributed by atoms with van der Waals surface area (Å²) in [4.78, 5) is 2.39. The molecule has 0 amide bonds. The zero-order valence-electron chi connectivity index (χ0n) is 11.9. The largest absolute Gasteiger partial charge is 0.298 e. The number of rotatable bonds is 9. The highest BCUT2D eigenvalue weighted by atomic mass is 35.5.